The molecule has 0 bridgehead atoms. The maximum Gasteiger partial charge on any atom is 0.416 e. The van der Waals surface area contributed by atoms with Crippen molar-refractivity contribution in [3.63, 3.8) is 0 Å². The molecule has 5 rings (SSSR count). The Hall–Kier alpha value is -4.00. The second-order valence-corrected chi connectivity index (χ2v) is 7.03. The molecule has 0 aliphatic heterocycles. The summed E-state index contributed by atoms with van der Waals surface area (Å²) in [6.07, 6.45) is -4.45. The minimum Gasteiger partial charge on any atom is -0.239 e. The van der Waals surface area contributed by atoms with Crippen LogP contribution in [0.2, 0.25) is 0 Å². The number of tetrazole rings is 1. The minimum absolute atomic E-state index is 0.329. The van der Waals surface area contributed by atoms with Gasteiger partial charge in [-0.3, -0.25) is 0 Å². The van der Waals surface area contributed by atoms with Gasteiger partial charge in [0.05, 0.1) is 5.56 Å². The van der Waals surface area contributed by atoms with E-state index in [0.29, 0.717) is 22.5 Å². The molecule has 4 nitrogen and oxygen atoms in total. The molecule has 151 valence electrons. The zero-order valence-corrected chi connectivity index (χ0v) is 16.0. The van der Waals surface area contributed by atoms with Gasteiger partial charge < -0.3 is 0 Å². The Balaban J connectivity index is 1.79. The van der Waals surface area contributed by atoms with E-state index in [-0.39, 0.29) is 0 Å². The average molecular weight is 415 g/mol. The van der Waals surface area contributed by atoms with Gasteiger partial charge in [0.2, 0.25) is 0 Å². The van der Waals surface area contributed by atoms with Gasteiger partial charge in [-0.2, -0.15) is 13.2 Å². The zero-order valence-electron chi connectivity index (χ0n) is 16.0. The van der Waals surface area contributed by atoms with Crippen LogP contribution in [0.1, 0.15) is 5.56 Å². The molecular weight excluding hydrogens is 401 g/mol. The first-order valence-electron chi connectivity index (χ1n) is 9.46. The molecule has 5 aromatic rings. The summed E-state index contributed by atoms with van der Waals surface area (Å²) >= 11 is 0. The van der Waals surface area contributed by atoms with Crippen LogP contribution in [-0.2, 0) is 6.18 Å². The van der Waals surface area contributed by atoms with Crippen LogP contribution in [0.4, 0.5) is 13.2 Å². The van der Waals surface area contributed by atoms with Crippen LogP contribution >= 0.6 is 0 Å². The van der Waals surface area contributed by atoms with Gasteiger partial charge in [-0.05, 0) is 62.2 Å². The molecule has 4 aromatic carbocycles. The summed E-state index contributed by atoms with van der Waals surface area (Å²) in [6, 6.07) is 25.8. The number of nitrogens with zero attached hydrogens (tertiary/aromatic N) is 3. The van der Waals surface area contributed by atoms with E-state index in [1.165, 1.54) is 6.07 Å². The maximum absolute atomic E-state index is 13.4. The van der Waals surface area contributed by atoms with Crippen molar-refractivity contribution in [1.82, 2.24) is 20.6 Å². The fourth-order valence-electron chi connectivity index (χ4n) is 3.70. The Morgan fingerprint density at radius 1 is 0.806 bits per heavy atom. The number of aromatic amines is 1. The number of halogens is 3. The lowest BCUT2D eigenvalue weighted by Crippen LogP contribution is -2.04. The smallest absolute Gasteiger partial charge is 0.239 e. The van der Waals surface area contributed by atoms with Crippen LogP contribution in [-0.4, -0.2) is 20.6 Å². The fourth-order valence-corrected chi connectivity index (χ4v) is 3.70. The van der Waals surface area contributed by atoms with E-state index in [1.54, 1.807) is 12.1 Å². The molecule has 1 heterocycles. The number of hydrogen-bond acceptors (Lipinski definition) is 3. The van der Waals surface area contributed by atoms with E-state index < -0.39 is 11.7 Å². The third kappa shape index (κ3) is 3.54. The van der Waals surface area contributed by atoms with E-state index in [2.05, 4.69) is 26.7 Å². The number of hydrogen-bond donors (Lipinski definition) is 1. The van der Waals surface area contributed by atoms with Gasteiger partial charge in [-0.1, -0.05) is 60.7 Å². The third-order valence-electron chi connectivity index (χ3n) is 5.12. The van der Waals surface area contributed by atoms with Crippen LogP contribution in [0.25, 0.3) is 44.4 Å². The maximum atomic E-state index is 13.4. The first-order chi connectivity index (χ1) is 15.0. The van der Waals surface area contributed by atoms with Crippen molar-refractivity contribution in [2.75, 3.05) is 0 Å². The monoisotopic (exact) mass is 415 g/mol. The molecule has 7 heteroatoms. The predicted octanol–water partition coefficient (Wildman–Crippen LogP) is 6.17. The number of benzene rings is 4. The van der Waals surface area contributed by atoms with Gasteiger partial charge in [-0.25, -0.2) is 5.10 Å². The molecule has 0 aliphatic rings. The molecule has 0 unspecified atom stereocenters. The van der Waals surface area contributed by atoms with Gasteiger partial charge >= 0.3 is 6.18 Å². The molecule has 0 saturated carbocycles. The SMILES string of the molecule is FC(F)(F)c1cccc(-c2c(-c3nnn[nH]3)[c]ccc2-c2ccc3ccccc3c2)c1. The third-order valence-corrected chi connectivity index (χ3v) is 5.12. The second kappa shape index (κ2) is 7.36. The Labute approximate surface area is 175 Å². The van der Waals surface area contributed by atoms with Crippen LogP contribution in [0, 0.1) is 6.07 Å². The van der Waals surface area contributed by atoms with Gasteiger partial charge in [0.15, 0.2) is 5.82 Å². The van der Waals surface area contributed by atoms with Gasteiger partial charge in [0.25, 0.3) is 0 Å². The molecule has 0 fully saturated rings. The summed E-state index contributed by atoms with van der Waals surface area (Å²) in [4.78, 5) is 0. The lowest BCUT2D eigenvalue weighted by molar-refractivity contribution is -0.137. The molecule has 0 atom stereocenters. The van der Waals surface area contributed by atoms with Gasteiger partial charge in [-0.15, -0.1) is 5.10 Å². The van der Waals surface area contributed by atoms with Gasteiger partial charge in [0, 0.05) is 11.1 Å². The summed E-state index contributed by atoms with van der Waals surface area (Å²) in [7, 11) is 0. The van der Waals surface area contributed by atoms with E-state index in [1.807, 2.05) is 48.5 Å². The molecule has 0 amide bonds. The van der Waals surface area contributed by atoms with E-state index in [4.69, 9.17) is 0 Å². The molecule has 31 heavy (non-hydrogen) atoms. The first kappa shape index (κ1) is 19.0. The largest absolute Gasteiger partial charge is 0.416 e. The van der Waals surface area contributed by atoms with Crippen molar-refractivity contribution in [3.05, 3.63) is 90.5 Å². The molecule has 1 radical (unpaired) electrons. The van der Waals surface area contributed by atoms with Crippen molar-refractivity contribution >= 4 is 10.8 Å². The van der Waals surface area contributed by atoms with E-state index >= 15 is 0 Å². The summed E-state index contributed by atoms with van der Waals surface area (Å²) in [5.74, 6) is 0.329. The highest BCUT2D eigenvalue weighted by molar-refractivity contribution is 5.96. The Morgan fingerprint density at radius 3 is 2.42 bits per heavy atom. The molecule has 0 saturated heterocycles. The number of rotatable bonds is 3. The van der Waals surface area contributed by atoms with Crippen molar-refractivity contribution < 1.29 is 13.2 Å². The summed E-state index contributed by atoms with van der Waals surface area (Å²) in [5.41, 5.74) is 2.38. The van der Waals surface area contributed by atoms with E-state index in [9.17, 15) is 13.2 Å². The Kier molecular flexibility index (Phi) is 4.51. The van der Waals surface area contributed by atoms with Gasteiger partial charge in [0.1, 0.15) is 0 Å². The van der Waals surface area contributed by atoms with Crippen LogP contribution < -0.4 is 0 Å². The highest BCUT2D eigenvalue weighted by atomic mass is 19.4. The van der Waals surface area contributed by atoms with Crippen LogP contribution in [0.15, 0.2) is 78.9 Å². The number of fused-ring (bicyclic) bond motifs is 1. The number of aromatic nitrogens is 4. The topological polar surface area (TPSA) is 54.5 Å². The van der Waals surface area contributed by atoms with Crippen LogP contribution in [0.3, 0.4) is 0 Å². The normalized spacial score (nSPS) is 11.7. The summed E-state index contributed by atoms with van der Waals surface area (Å²) in [5, 5.41) is 16.0. The molecular formula is C24H14F3N4. The van der Waals surface area contributed by atoms with Crippen molar-refractivity contribution in [3.8, 4) is 33.6 Å². The molecule has 1 N–H and O–H groups in total. The van der Waals surface area contributed by atoms with Crippen molar-refractivity contribution in [2.24, 2.45) is 0 Å². The molecule has 0 spiro atoms. The number of alkyl halides is 3. The lowest BCUT2D eigenvalue weighted by atomic mass is 9.89. The number of nitrogens with one attached hydrogen (secondary N) is 1. The highest BCUT2D eigenvalue weighted by Gasteiger charge is 2.31. The molecule has 1 aromatic heterocycles. The summed E-state index contributed by atoms with van der Waals surface area (Å²) < 4.78 is 40.2. The quantitative estimate of drug-likeness (QED) is 0.383. The summed E-state index contributed by atoms with van der Waals surface area (Å²) in [6.45, 7) is 0. The zero-order chi connectivity index (χ0) is 21.4. The van der Waals surface area contributed by atoms with Crippen molar-refractivity contribution in [1.29, 1.82) is 0 Å². The number of H-pyrrole nitrogens is 1. The molecule has 0 aliphatic carbocycles. The Bertz CT molecular complexity index is 1380. The standard InChI is InChI=1S/C24H14F3N4/c25-24(26,27)19-8-3-7-18(14-19)22-20(9-4-10-21(22)23-28-30-31-29-23)17-12-11-15-5-1-2-6-16(15)13-17/h1-9,11-14H,(H,28,29,30,31). The average Bonchev–Trinajstić information content (AvgIpc) is 3.33. The predicted molar refractivity (Wildman–Crippen MR) is 112 cm³/mol. The fraction of sp³-hybridized carbons (Fsp3) is 0.0417. The minimum atomic E-state index is -4.45. The lowest BCUT2D eigenvalue weighted by Gasteiger charge is -2.16. The van der Waals surface area contributed by atoms with Crippen LogP contribution in [0.5, 0.6) is 0 Å². The first-order valence-corrected chi connectivity index (χ1v) is 9.46. The highest BCUT2D eigenvalue weighted by Crippen LogP contribution is 2.41. The Morgan fingerprint density at radius 2 is 1.65 bits per heavy atom. The van der Waals surface area contributed by atoms with Crippen molar-refractivity contribution in [2.45, 2.75) is 6.18 Å². The van der Waals surface area contributed by atoms with E-state index in [0.717, 1.165) is 34.0 Å². The second-order valence-electron chi connectivity index (χ2n) is 7.03.